The second kappa shape index (κ2) is 7.59. The number of rotatable bonds is 6. The molecular weight excluding hydrogens is 258 g/mol. The topological polar surface area (TPSA) is 70.7 Å². The van der Waals surface area contributed by atoms with E-state index in [1.54, 1.807) is 26.1 Å². The fraction of sp³-hybridized carbons (Fsp3) is 0.857. The first-order valence-electron chi connectivity index (χ1n) is 7.13. The normalized spacial score (nSPS) is 19.2. The number of hydrogen-bond acceptors (Lipinski definition) is 4. The van der Waals surface area contributed by atoms with E-state index >= 15 is 0 Å². The summed E-state index contributed by atoms with van der Waals surface area (Å²) in [6.45, 7) is 4.35. The molecule has 0 aromatic rings. The molecule has 0 spiro atoms. The monoisotopic (exact) mass is 285 g/mol. The molecule has 1 aliphatic heterocycles. The SMILES string of the molecule is CNC(=O)C(C)CN(C)C(=O)C1(COC)CCNCC1. The molecule has 116 valence electrons. The van der Waals surface area contributed by atoms with Crippen molar-refractivity contribution in [2.75, 3.05) is 47.4 Å². The van der Waals surface area contributed by atoms with E-state index in [1.807, 2.05) is 6.92 Å². The molecule has 1 fully saturated rings. The molecular formula is C14H27N3O3. The van der Waals surface area contributed by atoms with Crippen LogP contribution in [0.5, 0.6) is 0 Å². The van der Waals surface area contributed by atoms with Crippen molar-refractivity contribution in [1.29, 1.82) is 0 Å². The Labute approximate surface area is 121 Å². The van der Waals surface area contributed by atoms with Crippen LogP contribution in [0, 0.1) is 11.3 Å². The fourth-order valence-electron chi connectivity index (χ4n) is 2.83. The van der Waals surface area contributed by atoms with Crippen LogP contribution in [0.15, 0.2) is 0 Å². The summed E-state index contributed by atoms with van der Waals surface area (Å²) in [5.74, 6) is -0.178. The highest BCUT2D eigenvalue weighted by Gasteiger charge is 2.41. The molecule has 6 heteroatoms. The number of carbonyl (C=O) groups excluding carboxylic acids is 2. The maximum absolute atomic E-state index is 12.7. The van der Waals surface area contributed by atoms with Crippen LogP contribution >= 0.6 is 0 Å². The molecule has 1 rings (SSSR count). The van der Waals surface area contributed by atoms with Gasteiger partial charge in [-0.15, -0.1) is 0 Å². The summed E-state index contributed by atoms with van der Waals surface area (Å²) in [6.07, 6.45) is 1.55. The zero-order valence-electron chi connectivity index (χ0n) is 13.0. The molecule has 0 saturated carbocycles. The highest BCUT2D eigenvalue weighted by Crippen LogP contribution is 2.31. The van der Waals surface area contributed by atoms with Crippen LogP contribution in [0.1, 0.15) is 19.8 Å². The quantitative estimate of drug-likeness (QED) is 0.711. The van der Waals surface area contributed by atoms with Gasteiger partial charge in [0.05, 0.1) is 17.9 Å². The van der Waals surface area contributed by atoms with Crippen LogP contribution in [0.25, 0.3) is 0 Å². The van der Waals surface area contributed by atoms with Gasteiger partial charge in [-0.05, 0) is 25.9 Å². The first kappa shape index (κ1) is 16.9. The molecule has 20 heavy (non-hydrogen) atoms. The van der Waals surface area contributed by atoms with E-state index in [9.17, 15) is 9.59 Å². The molecule has 1 saturated heterocycles. The third-order valence-corrected chi connectivity index (χ3v) is 4.02. The molecule has 1 heterocycles. The highest BCUT2D eigenvalue weighted by molar-refractivity contribution is 5.84. The standard InChI is InChI=1S/C14H27N3O3/c1-11(12(18)15-2)9-17(3)13(19)14(10-20-4)5-7-16-8-6-14/h11,16H,5-10H2,1-4H3,(H,15,18). The molecule has 1 unspecified atom stereocenters. The lowest BCUT2D eigenvalue weighted by Crippen LogP contribution is -2.51. The van der Waals surface area contributed by atoms with Gasteiger partial charge in [0, 0.05) is 27.7 Å². The van der Waals surface area contributed by atoms with Crippen molar-refractivity contribution in [3.8, 4) is 0 Å². The van der Waals surface area contributed by atoms with Crippen molar-refractivity contribution in [2.24, 2.45) is 11.3 Å². The number of ether oxygens (including phenoxy) is 1. The number of methoxy groups -OCH3 is 1. The molecule has 0 aliphatic carbocycles. The van der Waals surface area contributed by atoms with Crippen molar-refractivity contribution in [3.05, 3.63) is 0 Å². The third kappa shape index (κ3) is 3.93. The third-order valence-electron chi connectivity index (χ3n) is 4.02. The van der Waals surface area contributed by atoms with Crippen molar-refractivity contribution < 1.29 is 14.3 Å². The average Bonchev–Trinajstić information content (AvgIpc) is 2.46. The minimum atomic E-state index is -0.447. The number of carbonyl (C=O) groups is 2. The Morgan fingerprint density at radius 1 is 1.40 bits per heavy atom. The Morgan fingerprint density at radius 2 is 2.00 bits per heavy atom. The Hall–Kier alpha value is -1.14. The number of piperidine rings is 1. The van der Waals surface area contributed by atoms with Gasteiger partial charge in [0.1, 0.15) is 0 Å². The largest absolute Gasteiger partial charge is 0.384 e. The maximum atomic E-state index is 12.7. The smallest absolute Gasteiger partial charge is 0.230 e. The van der Waals surface area contributed by atoms with Crippen LogP contribution in [0.3, 0.4) is 0 Å². The minimum Gasteiger partial charge on any atom is -0.384 e. The molecule has 0 radical (unpaired) electrons. The van der Waals surface area contributed by atoms with E-state index in [-0.39, 0.29) is 17.7 Å². The van der Waals surface area contributed by atoms with E-state index in [0.29, 0.717) is 13.2 Å². The zero-order valence-corrected chi connectivity index (χ0v) is 13.0. The lowest BCUT2D eigenvalue weighted by molar-refractivity contribution is -0.147. The van der Waals surface area contributed by atoms with E-state index < -0.39 is 5.41 Å². The van der Waals surface area contributed by atoms with Crippen LogP contribution in [0.2, 0.25) is 0 Å². The molecule has 1 atom stereocenters. The summed E-state index contributed by atoms with van der Waals surface area (Å²) in [5, 5.41) is 5.88. The van der Waals surface area contributed by atoms with Crippen molar-refractivity contribution >= 4 is 11.8 Å². The molecule has 0 aromatic heterocycles. The summed E-state index contributed by atoms with van der Waals surface area (Å²) in [5.41, 5.74) is -0.447. The molecule has 6 nitrogen and oxygen atoms in total. The Morgan fingerprint density at radius 3 is 2.50 bits per heavy atom. The van der Waals surface area contributed by atoms with Gasteiger partial charge in [-0.2, -0.15) is 0 Å². The van der Waals surface area contributed by atoms with Gasteiger partial charge in [-0.3, -0.25) is 9.59 Å². The Bertz CT molecular complexity index is 335. The lowest BCUT2D eigenvalue weighted by atomic mass is 9.78. The first-order chi connectivity index (χ1) is 9.46. The highest BCUT2D eigenvalue weighted by atomic mass is 16.5. The molecule has 1 aliphatic rings. The summed E-state index contributed by atoms with van der Waals surface area (Å²) < 4.78 is 5.28. The molecule has 0 bridgehead atoms. The van der Waals surface area contributed by atoms with Gasteiger partial charge in [-0.25, -0.2) is 0 Å². The van der Waals surface area contributed by atoms with Crippen molar-refractivity contribution in [2.45, 2.75) is 19.8 Å². The zero-order chi connectivity index (χ0) is 15.2. The van der Waals surface area contributed by atoms with E-state index in [0.717, 1.165) is 25.9 Å². The van der Waals surface area contributed by atoms with Gasteiger partial charge < -0.3 is 20.3 Å². The van der Waals surface area contributed by atoms with Crippen molar-refractivity contribution in [1.82, 2.24) is 15.5 Å². The molecule has 2 amide bonds. The maximum Gasteiger partial charge on any atom is 0.230 e. The lowest BCUT2D eigenvalue weighted by Gasteiger charge is -2.38. The van der Waals surface area contributed by atoms with Crippen LogP contribution in [-0.2, 0) is 14.3 Å². The molecule has 2 N–H and O–H groups in total. The van der Waals surface area contributed by atoms with Crippen LogP contribution in [-0.4, -0.2) is 64.2 Å². The Kier molecular flexibility index (Phi) is 6.42. The van der Waals surface area contributed by atoms with Crippen LogP contribution in [0.4, 0.5) is 0 Å². The summed E-state index contributed by atoms with van der Waals surface area (Å²) in [6, 6.07) is 0. The van der Waals surface area contributed by atoms with E-state index in [4.69, 9.17) is 4.74 Å². The average molecular weight is 285 g/mol. The van der Waals surface area contributed by atoms with Crippen LogP contribution < -0.4 is 10.6 Å². The number of nitrogens with zero attached hydrogens (tertiary/aromatic N) is 1. The number of amides is 2. The van der Waals surface area contributed by atoms with Crippen molar-refractivity contribution in [3.63, 3.8) is 0 Å². The summed E-state index contributed by atoms with van der Waals surface area (Å²) in [4.78, 5) is 26.0. The second-order valence-corrected chi connectivity index (χ2v) is 5.66. The predicted molar refractivity (Wildman–Crippen MR) is 77.3 cm³/mol. The Balaban J connectivity index is 2.71. The minimum absolute atomic E-state index is 0.0456. The van der Waals surface area contributed by atoms with E-state index in [2.05, 4.69) is 10.6 Å². The summed E-state index contributed by atoms with van der Waals surface area (Å²) >= 11 is 0. The number of hydrogen-bond donors (Lipinski definition) is 2. The van der Waals surface area contributed by atoms with E-state index in [1.165, 1.54) is 0 Å². The van der Waals surface area contributed by atoms with Gasteiger partial charge in [0.15, 0.2) is 0 Å². The number of nitrogens with one attached hydrogen (secondary N) is 2. The van der Waals surface area contributed by atoms with Gasteiger partial charge >= 0.3 is 0 Å². The fourth-order valence-corrected chi connectivity index (χ4v) is 2.83. The van der Waals surface area contributed by atoms with Gasteiger partial charge in [0.2, 0.25) is 11.8 Å². The van der Waals surface area contributed by atoms with Gasteiger partial charge in [0.25, 0.3) is 0 Å². The van der Waals surface area contributed by atoms with Gasteiger partial charge in [-0.1, -0.05) is 6.92 Å². The molecule has 0 aromatic carbocycles. The first-order valence-corrected chi connectivity index (χ1v) is 7.13. The predicted octanol–water partition coefficient (Wildman–Crippen LogP) is -0.157. The second-order valence-electron chi connectivity index (χ2n) is 5.66. The summed E-state index contributed by atoms with van der Waals surface area (Å²) in [7, 11) is 5.01.